The van der Waals surface area contributed by atoms with Crippen molar-refractivity contribution in [2.45, 2.75) is 26.7 Å². The van der Waals surface area contributed by atoms with Crippen molar-refractivity contribution in [1.82, 2.24) is 10.6 Å². The van der Waals surface area contributed by atoms with Gasteiger partial charge in [0.05, 0.1) is 0 Å². The largest absolute Gasteiger partial charge is 0.396 e. The van der Waals surface area contributed by atoms with Gasteiger partial charge in [-0.3, -0.25) is 0 Å². The quantitative estimate of drug-likeness (QED) is 0.464. The minimum absolute atomic E-state index is 0.287. The summed E-state index contributed by atoms with van der Waals surface area (Å²) in [5, 5.41) is 15.3. The van der Waals surface area contributed by atoms with E-state index in [4.69, 9.17) is 5.11 Å². The molecule has 0 aromatic rings. The van der Waals surface area contributed by atoms with E-state index in [1.807, 2.05) is 0 Å². The van der Waals surface area contributed by atoms with E-state index in [0.29, 0.717) is 5.92 Å². The van der Waals surface area contributed by atoms with Crippen molar-refractivity contribution < 1.29 is 5.11 Å². The van der Waals surface area contributed by atoms with Gasteiger partial charge in [-0.15, -0.1) is 0 Å². The first-order valence-corrected chi connectivity index (χ1v) is 5.33. The second kappa shape index (κ2) is 9.96. The molecule has 0 fully saturated rings. The van der Waals surface area contributed by atoms with Crippen LogP contribution in [0.15, 0.2) is 0 Å². The van der Waals surface area contributed by atoms with Crippen LogP contribution in [0.3, 0.4) is 0 Å². The molecule has 0 aromatic carbocycles. The van der Waals surface area contributed by atoms with E-state index in [-0.39, 0.29) is 6.61 Å². The first-order chi connectivity index (χ1) is 6.31. The van der Waals surface area contributed by atoms with Crippen molar-refractivity contribution >= 4 is 0 Å². The van der Waals surface area contributed by atoms with Gasteiger partial charge in [0.25, 0.3) is 0 Å². The zero-order chi connectivity index (χ0) is 9.94. The molecule has 1 atom stereocenters. The SMILES string of the molecule is CCCNCC(C)CNCCCO. The normalized spacial score (nSPS) is 13.2. The van der Waals surface area contributed by atoms with Crippen LogP contribution in [0.1, 0.15) is 26.7 Å². The Morgan fingerprint density at radius 2 is 1.77 bits per heavy atom. The van der Waals surface area contributed by atoms with E-state index < -0.39 is 0 Å². The van der Waals surface area contributed by atoms with Crippen LogP contribution in [-0.2, 0) is 0 Å². The lowest BCUT2D eigenvalue weighted by atomic mass is 10.2. The third-order valence-corrected chi connectivity index (χ3v) is 1.92. The van der Waals surface area contributed by atoms with Gasteiger partial charge in [-0.2, -0.15) is 0 Å². The van der Waals surface area contributed by atoms with E-state index in [0.717, 1.165) is 32.6 Å². The highest BCUT2D eigenvalue weighted by Crippen LogP contribution is 1.89. The average Bonchev–Trinajstić information content (AvgIpc) is 2.13. The lowest BCUT2D eigenvalue weighted by Gasteiger charge is -2.12. The molecular formula is C10H24N2O. The van der Waals surface area contributed by atoms with Crippen LogP contribution in [-0.4, -0.2) is 37.9 Å². The molecule has 3 N–H and O–H groups in total. The minimum Gasteiger partial charge on any atom is -0.396 e. The highest BCUT2D eigenvalue weighted by atomic mass is 16.3. The Morgan fingerprint density at radius 3 is 2.31 bits per heavy atom. The topological polar surface area (TPSA) is 44.3 Å². The third kappa shape index (κ3) is 9.80. The van der Waals surface area contributed by atoms with E-state index >= 15 is 0 Å². The molecule has 0 aromatic heterocycles. The van der Waals surface area contributed by atoms with Crippen LogP contribution >= 0.6 is 0 Å². The van der Waals surface area contributed by atoms with E-state index in [1.54, 1.807) is 0 Å². The van der Waals surface area contributed by atoms with Crippen molar-refractivity contribution in [2.24, 2.45) is 5.92 Å². The third-order valence-electron chi connectivity index (χ3n) is 1.92. The molecule has 0 saturated carbocycles. The van der Waals surface area contributed by atoms with Gasteiger partial charge in [-0.1, -0.05) is 13.8 Å². The fourth-order valence-corrected chi connectivity index (χ4v) is 1.15. The molecule has 0 spiro atoms. The number of aliphatic hydroxyl groups is 1. The first-order valence-electron chi connectivity index (χ1n) is 5.33. The molecule has 0 bridgehead atoms. The summed E-state index contributed by atoms with van der Waals surface area (Å²) in [6, 6.07) is 0. The average molecular weight is 188 g/mol. The first kappa shape index (κ1) is 12.9. The van der Waals surface area contributed by atoms with Gasteiger partial charge in [-0.05, 0) is 44.9 Å². The van der Waals surface area contributed by atoms with Gasteiger partial charge < -0.3 is 15.7 Å². The van der Waals surface area contributed by atoms with Crippen LogP contribution in [0.5, 0.6) is 0 Å². The number of hydrogen-bond acceptors (Lipinski definition) is 3. The Bertz CT molecular complexity index is 98.9. The van der Waals surface area contributed by atoms with Crippen LogP contribution in [0, 0.1) is 5.92 Å². The van der Waals surface area contributed by atoms with Crippen LogP contribution < -0.4 is 10.6 Å². The van der Waals surface area contributed by atoms with Gasteiger partial charge in [0.2, 0.25) is 0 Å². The summed E-state index contributed by atoms with van der Waals surface area (Å²) in [6.45, 7) is 8.85. The molecule has 1 unspecified atom stereocenters. The predicted octanol–water partition coefficient (Wildman–Crippen LogP) is 0.594. The number of aliphatic hydroxyl groups excluding tert-OH is 1. The molecule has 13 heavy (non-hydrogen) atoms. The zero-order valence-electron chi connectivity index (χ0n) is 8.97. The highest BCUT2D eigenvalue weighted by molar-refractivity contribution is 4.59. The molecule has 80 valence electrons. The zero-order valence-corrected chi connectivity index (χ0v) is 8.97. The molecule has 3 nitrogen and oxygen atoms in total. The van der Waals surface area contributed by atoms with Crippen molar-refractivity contribution in [1.29, 1.82) is 0 Å². The molecule has 0 saturated heterocycles. The number of nitrogens with one attached hydrogen (secondary N) is 2. The summed E-state index contributed by atoms with van der Waals surface area (Å²) < 4.78 is 0. The molecule has 0 aliphatic heterocycles. The fraction of sp³-hybridized carbons (Fsp3) is 1.00. The standard InChI is InChI=1S/C10H24N2O/c1-3-5-11-8-10(2)9-12-6-4-7-13/h10-13H,3-9H2,1-2H3. The molecular weight excluding hydrogens is 164 g/mol. The molecule has 0 radical (unpaired) electrons. The van der Waals surface area contributed by atoms with Crippen molar-refractivity contribution in [3.05, 3.63) is 0 Å². The van der Waals surface area contributed by atoms with Gasteiger partial charge in [0.15, 0.2) is 0 Å². The van der Waals surface area contributed by atoms with Gasteiger partial charge in [-0.25, -0.2) is 0 Å². The molecule has 3 heteroatoms. The Balaban J connectivity index is 3.05. The molecule has 0 aliphatic carbocycles. The highest BCUT2D eigenvalue weighted by Gasteiger charge is 1.99. The maximum atomic E-state index is 8.55. The summed E-state index contributed by atoms with van der Waals surface area (Å²) in [5.41, 5.74) is 0. The molecule has 0 amide bonds. The second-order valence-corrected chi connectivity index (χ2v) is 3.59. The Hall–Kier alpha value is -0.120. The van der Waals surface area contributed by atoms with Gasteiger partial charge in [0.1, 0.15) is 0 Å². The van der Waals surface area contributed by atoms with Gasteiger partial charge in [0, 0.05) is 6.61 Å². The monoisotopic (exact) mass is 188 g/mol. The van der Waals surface area contributed by atoms with Crippen LogP contribution in [0.4, 0.5) is 0 Å². The second-order valence-electron chi connectivity index (χ2n) is 3.59. The van der Waals surface area contributed by atoms with E-state index in [9.17, 15) is 0 Å². The van der Waals surface area contributed by atoms with Crippen molar-refractivity contribution in [3.63, 3.8) is 0 Å². The Morgan fingerprint density at radius 1 is 1.15 bits per heavy atom. The maximum Gasteiger partial charge on any atom is 0.0443 e. The Kier molecular flexibility index (Phi) is 9.87. The predicted molar refractivity (Wildman–Crippen MR) is 56.9 cm³/mol. The van der Waals surface area contributed by atoms with E-state index in [1.165, 1.54) is 6.42 Å². The summed E-state index contributed by atoms with van der Waals surface area (Å²) in [7, 11) is 0. The minimum atomic E-state index is 0.287. The number of hydrogen-bond donors (Lipinski definition) is 3. The number of rotatable bonds is 9. The molecule has 0 heterocycles. The Labute approximate surface area is 81.9 Å². The molecule has 0 rings (SSSR count). The van der Waals surface area contributed by atoms with Gasteiger partial charge >= 0.3 is 0 Å². The fourth-order valence-electron chi connectivity index (χ4n) is 1.15. The summed E-state index contributed by atoms with van der Waals surface area (Å²) in [6.07, 6.45) is 2.06. The van der Waals surface area contributed by atoms with Crippen LogP contribution in [0.25, 0.3) is 0 Å². The molecule has 0 aliphatic rings. The van der Waals surface area contributed by atoms with Crippen LogP contribution in [0.2, 0.25) is 0 Å². The summed E-state index contributed by atoms with van der Waals surface area (Å²) in [4.78, 5) is 0. The summed E-state index contributed by atoms with van der Waals surface area (Å²) in [5.74, 6) is 0.672. The van der Waals surface area contributed by atoms with Crippen molar-refractivity contribution in [2.75, 3.05) is 32.8 Å². The summed E-state index contributed by atoms with van der Waals surface area (Å²) >= 11 is 0. The lowest BCUT2D eigenvalue weighted by molar-refractivity contribution is 0.284. The smallest absolute Gasteiger partial charge is 0.0443 e. The lowest BCUT2D eigenvalue weighted by Crippen LogP contribution is -2.30. The maximum absolute atomic E-state index is 8.55. The van der Waals surface area contributed by atoms with E-state index in [2.05, 4.69) is 24.5 Å². The van der Waals surface area contributed by atoms with Crippen molar-refractivity contribution in [3.8, 4) is 0 Å².